The standard InChI is InChI=1S/C22H17ClF3N3O/c23-18-6-8-19(9-7-18)29-20(30)28-14-21(29,12-15-3-2-10-27-13-15)16-4-1-5-17(11-16)22(24,25)26/h1-11,13H,12,14H2,(H,28,30)/t21-/m1/s1. The van der Waals surface area contributed by atoms with Gasteiger partial charge in [0.1, 0.15) is 0 Å². The number of halogens is 4. The van der Waals surface area contributed by atoms with Crippen molar-refractivity contribution < 1.29 is 18.0 Å². The summed E-state index contributed by atoms with van der Waals surface area (Å²) in [7, 11) is 0. The molecule has 3 aromatic rings. The first-order chi connectivity index (χ1) is 14.3. The second kappa shape index (κ2) is 7.65. The SMILES string of the molecule is O=C1NC[C@](Cc2cccnc2)(c2cccc(C(F)(F)F)c2)N1c1ccc(Cl)cc1. The van der Waals surface area contributed by atoms with Crippen LogP contribution in [0.2, 0.25) is 5.02 Å². The van der Waals surface area contributed by atoms with Gasteiger partial charge < -0.3 is 5.32 Å². The average Bonchev–Trinajstić information content (AvgIpc) is 3.06. The molecule has 1 N–H and O–H groups in total. The largest absolute Gasteiger partial charge is 0.416 e. The third-order valence-corrected chi connectivity index (χ3v) is 5.45. The van der Waals surface area contributed by atoms with Crippen molar-refractivity contribution in [2.75, 3.05) is 11.4 Å². The molecule has 0 aliphatic carbocycles. The van der Waals surface area contributed by atoms with Crippen LogP contribution in [-0.2, 0) is 18.1 Å². The quantitative estimate of drug-likeness (QED) is 0.599. The fraction of sp³-hybridized carbons (Fsp3) is 0.182. The van der Waals surface area contributed by atoms with E-state index in [2.05, 4.69) is 10.3 Å². The van der Waals surface area contributed by atoms with Crippen LogP contribution in [0.1, 0.15) is 16.7 Å². The predicted octanol–water partition coefficient (Wildman–Crippen LogP) is 5.42. The lowest BCUT2D eigenvalue weighted by Gasteiger charge is -2.38. The van der Waals surface area contributed by atoms with Crippen molar-refractivity contribution in [3.63, 3.8) is 0 Å². The molecule has 1 aromatic heterocycles. The number of hydrogen-bond acceptors (Lipinski definition) is 2. The Bertz CT molecular complexity index is 1060. The Hall–Kier alpha value is -3.06. The van der Waals surface area contributed by atoms with E-state index in [0.717, 1.165) is 17.7 Å². The van der Waals surface area contributed by atoms with Crippen molar-refractivity contribution >= 4 is 23.3 Å². The highest BCUT2D eigenvalue weighted by Gasteiger charge is 2.48. The zero-order valence-corrected chi connectivity index (χ0v) is 16.4. The number of anilines is 1. The lowest BCUT2D eigenvalue weighted by Crippen LogP contribution is -2.47. The summed E-state index contributed by atoms with van der Waals surface area (Å²) in [5, 5.41) is 3.30. The van der Waals surface area contributed by atoms with Gasteiger partial charge in [-0.3, -0.25) is 9.88 Å². The molecule has 2 amide bonds. The highest BCUT2D eigenvalue weighted by Crippen LogP contribution is 2.41. The van der Waals surface area contributed by atoms with Crippen molar-refractivity contribution in [3.05, 3.63) is 94.8 Å². The van der Waals surface area contributed by atoms with Crippen molar-refractivity contribution in [3.8, 4) is 0 Å². The van der Waals surface area contributed by atoms with Crippen molar-refractivity contribution in [1.82, 2.24) is 10.3 Å². The first-order valence-corrected chi connectivity index (χ1v) is 9.58. The van der Waals surface area contributed by atoms with Crippen molar-refractivity contribution in [1.29, 1.82) is 0 Å². The fourth-order valence-electron chi connectivity index (χ4n) is 3.83. The van der Waals surface area contributed by atoms with Gasteiger partial charge in [-0.2, -0.15) is 13.2 Å². The van der Waals surface area contributed by atoms with Crippen LogP contribution in [0.15, 0.2) is 73.1 Å². The maximum atomic E-state index is 13.4. The zero-order chi connectivity index (χ0) is 21.4. The molecule has 2 aromatic carbocycles. The molecule has 154 valence electrons. The Balaban J connectivity index is 1.90. The summed E-state index contributed by atoms with van der Waals surface area (Å²) in [4.78, 5) is 18.5. The number of urea groups is 1. The lowest BCUT2D eigenvalue weighted by molar-refractivity contribution is -0.137. The molecule has 4 nitrogen and oxygen atoms in total. The van der Waals surface area contributed by atoms with E-state index >= 15 is 0 Å². The first-order valence-electron chi connectivity index (χ1n) is 9.20. The summed E-state index contributed by atoms with van der Waals surface area (Å²) >= 11 is 5.99. The van der Waals surface area contributed by atoms with E-state index < -0.39 is 23.3 Å². The maximum absolute atomic E-state index is 13.4. The Morgan fingerprint density at radius 1 is 1.10 bits per heavy atom. The second-order valence-corrected chi connectivity index (χ2v) is 7.56. The van der Waals surface area contributed by atoms with E-state index in [0.29, 0.717) is 16.3 Å². The van der Waals surface area contributed by atoms with Gasteiger partial charge >= 0.3 is 12.2 Å². The van der Waals surface area contributed by atoms with Crippen LogP contribution in [0.25, 0.3) is 0 Å². The minimum absolute atomic E-state index is 0.144. The molecule has 2 heterocycles. The topological polar surface area (TPSA) is 45.2 Å². The predicted molar refractivity (Wildman–Crippen MR) is 108 cm³/mol. The van der Waals surface area contributed by atoms with Crippen LogP contribution in [0, 0.1) is 0 Å². The number of hydrogen-bond donors (Lipinski definition) is 1. The van der Waals surface area contributed by atoms with Crippen LogP contribution in [0.5, 0.6) is 0 Å². The molecule has 1 saturated heterocycles. The van der Waals surface area contributed by atoms with Crippen LogP contribution in [0.4, 0.5) is 23.7 Å². The van der Waals surface area contributed by atoms with E-state index in [4.69, 9.17) is 11.6 Å². The van der Waals surface area contributed by atoms with Gasteiger partial charge in [0, 0.05) is 36.1 Å². The molecular weight excluding hydrogens is 415 g/mol. The Morgan fingerprint density at radius 3 is 2.53 bits per heavy atom. The summed E-state index contributed by atoms with van der Waals surface area (Å²) in [6.45, 7) is 0.144. The molecule has 0 radical (unpaired) electrons. The fourth-order valence-corrected chi connectivity index (χ4v) is 3.96. The molecule has 1 aliphatic heterocycles. The molecule has 0 unspecified atom stereocenters. The van der Waals surface area contributed by atoms with Gasteiger partial charge in [0.15, 0.2) is 0 Å². The number of carbonyl (C=O) groups excluding carboxylic acids is 1. The number of nitrogens with one attached hydrogen (secondary N) is 1. The number of alkyl halides is 3. The van der Waals surface area contributed by atoms with E-state index in [-0.39, 0.29) is 13.0 Å². The van der Waals surface area contributed by atoms with Gasteiger partial charge in [-0.15, -0.1) is 0 Å². The maximum Gasteiger partial charge on any atom is 0.416 e. The van der Waals surface area contributed by atoms with Gasteiger partial charge in [-0.05, 0) is 53.6 Å². The molecule has 0 saturated carbocycles. The number of rotatable bonds is 4. The normalized spacial score (nSPS) is 19.1. The number of carbonyl (C=O) groups is 1. The molecule has 1 aliphatic rings. The summed E-state index contributed by atoms with van der Waals surface area (Å²) in [5.41, 5.74) is -0.119. The Morgan fingerprint density at radius 2 is 1.87 bits per heavy atom. The van der Waals surface area contributed by atoms with Crippen LogP contribution >= 0.6 is 11.6 Å². The number of nitrogens with zero attached hydrogens (tertiary/aromatic N) is 2. The van der Waals surface area contributed by atoms with Gasteiger partial charge in [-0.1, -0.05) is 29.8 Å². The summed E-state index contributed by atoms with van der Waals surface area (Å²) in [6, 6.07) is 15.0. The van der Waals surface area contributed by atoms with Gasteiger partial charge in [0.05, 0.1) is 11.1 Å². The highest BCUT2D eigenvalue weighted by molar-refractivity contribution is 6.30. The highest BCUT2D eigenvalue weighted by atomic mass is 35.5. The van der Waals surface area contributed by atoms with E-state index in [1.54, 1.807) is 48.8 Å². The zero-order valence-electron chi connectivity index (χ0n) is 15.7. The summed E-state index contributed by atoms with van der Waals surface area (Å²) in [5.74, 6) is 0. The van der Waals surface area contributed by atoms with Crippen LogP contribution in [-0.4, -0.2) is 17.6 Å². The lowest BCUT2D eigenvalue weighted by atomic mass is 9.82. The molecular formula is C22H17ClF3N3O. The van der Waals surface area contributed by atoms with E-state index in [1.807, 2.05) is 6.07 Å². The van der Waals surface area contributed by atoms with Crippen LogP contribution < -0.4 is 10.2 Å². The van der Waals surface area contributed by atoms with E-state index in [9.17, 15) is 18.0 Å². The molecule has 4 rings (SSSR count). The smallest absolute Gasteiger partial charge is 0.335 e. The minimum Gasteiger partial charge on any atom is -0.335 e. The van der Waals surface area contributed by atoms with E-state index in [1.165, 1.54) is 11.0 Å². The Kier molecular flexibility index (Phi) is 5.15. The average molecular weight is 432 g/mol. The number of benzene rings is 2. The third kappa shape index (κ3) is 3.73. The van der Waals surface area contributed by atoms with Gasteiger partial charge in [0.25, 0.3) is 0 Å². The first kappa shape index (κ1) is 20.2. The van der Waals surface area contributed by atoms with Crippen LogP contribution in [0.3, 0.4) is 0 Å². The Labute approximate surface area is 176 Å². The van der Waals surface area contributed by atoms with Gasteiger partial charge in [-0.25, -0.2) is 4.79 Å². The molecule has 1 fully saturated rings. The monoisotopic (exact) mass is 431 g/mol. The number of pyridine rings is 1. The molecule has 0 bridgehead atoms. The second-order valence-electron chi connectivity index (χ2n) is 7.12. The van der Waals surface area contributed by atoms with Gasteiger partial charge in [0.2, 0.25) is 0 Å². The molecule has 30 heavy (non-hydrogen) atoms. The number of amides is 2. The number of aromatic nitrogens is 1. The summed E-state index contributed by atoms with van der Waals surface area (Å²) in [6.07, 6.45) is -0.941. The van der Waals surface area contributed by atoms with Crippen molar-refractivity contribution in [2.24, 2.45) is 0 Å². The molecule has 8 heteroatoms. The minimum atomic E-state index is -4.49. The molecule has 1 atom stereocenters. The third-order valence-electron chi connectivity index (χ3n) is 5.19. The molecule has 0 spiro atoms. The van der Waals surface area contributed by atoms with Crippen molar-refractivity contribution in [2.45, 2.75) is 18.1 Å². The summed E-state index contributed by atoms with van der Waals surface area (Å²) < 4.78 is 40.3.